The summed E-state index contributed by atoms with van der Waals surface area (Å²) in [6.45, 7) is 5.82. The Labute approximate surface area is 187 Å². The molecule has 1 aliphatic rings. The molecule has 0 unspecified atom stereocenters. The molecule has 0 saturated carbocycles. The summed E-state index contributed by atoms with van der Waals surface area (Å²) in [5.41, 5.74) is 1.28. The van der Waals surface area contributed by atoms with Gasteiger partial charge in [-0.25, -0.2) is 4.39 Å². The van der Waals surface area contributed by atoms with Crippen molar-refractivity contribution in [3.05, 3.63) is 84.1 Å². The predicted octanol–water partition coefficient (Wildman–Crippen LogP) is 3.94. The molecule has 1 aromatic heterocycles. The van der Waals surface area contributed by atoms with Gasteiger partial charge in [-0.3, -0.25) is 9.69 Å². The standard InChI is InChI=1S/C25H28FN3O3/c26-20-7-9-22(10-8-20)31-19-23-11-12-24(32-23)25(30)27-13-4-14-28-15-17-29(18-16-28)21-5-2-1-3-6-21/h1-3,5-12H,4,13-19H2,(H,27,30). The van der Waals surface area contributed by atoms with Crippen LogP contribution in [0.25, 0.3) is 0 Å². The zero-order chi connectivity index (χ0) is 22.2. The van der Waals surface area contributed by atoms with Crippen LogP contribution < -0.4 is 15.0 Å². The molecule has 0 bridgehead atoms. The molecule has 0 aliphatic carbocycles. The molecule has 2 aromatic carbocycles. The van der Waals surface area contributed by atoms with Crippen molar-refractivity contribution in [1.29, 1.82) is 0 Å². The number of rotatable bonds is 9. The summed E-state index contributed by atoms with van der Waals surface area (Å²) in [4.78, 5) is 17.2. The number of halogens is 1. The van der Waals surface area contributed by atoms with Gasteiger partial charge < -0.3 is 19.4 Å². The summed E-state index contributed by atoms with van der Waals surface area (Å²) in [7, 11) is 0. The first-order valence-electron chi connectivity index (χ1n) is 10.9. The molecule has 2 heterocycles. The van der Waals surface area contributed by atoms with Crippen LogP contribution in [-0.4, -0.2) is 50.1 Å². The van der Waals surface area contributed by atoms with Crippen LogP contribution in [0.15, 0.2) is 71.1 Å². The van der Waals surface area contributed by atoms with Gasteiger partial charge in [0.1, 0.15) is 23.9 Å². The molecule has 0 spiro atoms. The summed E-state index contributed by atoms with van der Waals surface area (Å²) < 4.78 is 24.0. The molecular weight excluding hydrogens is 409 g/mol. The maximum Gasteiger partial charge on any atom is 0.286 e. The minimum Gasteiger partial charge on any atom is -0.486 e. The number of carbonyl (C=O) groups is 1. The highest BCUT2D eigenvalue weighted by Gasteiger charge is 2.17. The lowest BCUT2D eigenvalue weighted by Crippen LogP contribution is -2.47. The minimum absolute atomic E-state index is 0.174. The van der Waals surface area contributed by atoms with Crippen molar-refractivity contribution < 1.29 is 18.3 Å². The van der Waals surface area contributed by atoms with Crippen molar-refractivity contribution in [2.75, 3.05) is 44.2 Å². The Hall–Kier alpha value is -3.32. The number of nitrogens with one attached hydrogen (secondary N) is 1. The topological polar surface area (TPSA) is 58.0 Å². The number of para-hydroxylation sites is 1. The smallest absolute Gasteiger partial charge is 0.286 e. The van der Waals surface area contributed by atoms with Crippen LogP contribution in [-0.2, 0) is 6.61 Å². The van der Waals surface area contributed by atoms with Gasteiger partial charge >= 0.3 is 0 Å². The maximum absolute atomic E-state index is 12.9. The number of hydrogen-bond acceptors (Lipinski definition) is 5. The fraction of sp³-hybridized carbons (Fsp3) is 0.320. The molecule has 1 N–H and O–H groups in total. The SMILES string of the molecule is O=C(NCCCN1CCN(c2ccccc2)CC1)c1ccc(COc2ccc(F)cc2)o1. The van der Waals surface area contributed by atoms with Gasteiger partial charge in [0.25, 0.3) is 5.91 Å². The molecule has 1 aliphatic heterocycles. The first-order chi connectivity index (χ1) is 15.7. The molecule has 4 rings (SSSR count). The van der Waals surface area contributed by atoms with Crippen LogP contribution in [0, 0.1) is 5.82 Å². The second-order valence-electron chi connectivity index (χ2n) is 7.78. The maximum atomic E-state index is 12.9. The number of nitrogens with zero attached hydrogens (tertiary/aromatic N) is 2. The molecule has 7 heteroatoms. The number of hydrogen-bond donors (Lipinski definition) is 1. The Kier molecular flexibility index (Phi) is 7.40. The number of ether oxygens (including phenoxy) is 1. The van der Waals surface area contributed by atoms with E-state index in [1.165, 1.54) is 17.8 Å². The van der Waals surface area contributed by atoms with E-state index >= 15 is 0 Å². The lowest BCUT2D eigenvalue weighted by atomic mass is 10.2. The summed E-state index contributed by atoms with van der Waals surface area (Å²) in [6.07, 6.45) is 0.887. The Balaban J connectivity index is 1.12. The Bertz CT molecular complexity index is 983. The fourth-order valence-electron chi connectivity index (χ4n) is 3.72. The van der Waals surface area contributed by atoms with Crippen molar-refractivity contribution in [2.45, 2.75) is 13.0 Å². The number of piperazine rings is 1. The third-order valence-corrected chi connectivity index (χ3v) is 5.51. The second kappa shape index (κ2) is 10.8. The first-order valence-corrected chi connectivity index (χ1v) is 10.9. The first kappa shape index (κ1) is 21.9. The normalized spacial score (nSPS) is 14.3. The largest absolute Gasteiger partial charge is 0.486 e. The van der Waals surface area contributed by atoms with E-state index in [-0.39, 0.29) is 24.1 Å². The summed E-state index contributed by atoms with van der Waals surface area (Å²) in [5.74, 6) is 0.795. The van der Waals surface area contributed by atoms with Crippen molar-refractivity contribution in [2.24, 2.45) is 0 Å². The van der Waals surface area contributed by atoms with Crippen molar-refractivity contribution in [1.82, 2.24) is 10.2 Å². The van der Waals surface area contributed by atoms with Gasteiger partial charge in [0, 0.05) is 38.4 Å². The van der Waals surface area contributed by atoms with Gasteiger partial charge in [-0.2, -0.15) is 0 Å². The number of carbonyl (C=O) groups excluding carboxylic acids is 1. The van der Waals surface area contributed by atoms with Crippen LogP contribution in [0.3, 0.4) is 0 Å². The average Bonchev–Trinajstić information content (AvgIpc) is 3.32. The average molecular weight is 438 g/mol. The van der Waals surface area contributed by atoms with E-state index in [4.69, 9.17) is 9.15 Å². The van der Waals surface area contributed by atoms with Gasteiger partial charge in [-0.05, 0) is 61.5 Å². The molecule has 1 saturated heterocycles. The van der Waals surface area contributed by atoms with E-state index in [1.807, 2.05) is 6.07 Å². The molecular formula is C25H28FN3O3. The highest BCUT2D eigenvalue weighted by Crippen LogP contribution is 2.16. The molecule has 3 aromatic rings. The summed E-state index contributed by atoms with van der Waals surface area (Å²) in [5, 5.41) is 2.91. The van der Waals surface area contributed by atoms with Crippen LogP contribution in [0.1, 0.15) is 22.7 Å². The second-order valence-corrected chi connectivity index (χ2v) is 7.78. The predicted molar refractivity (Wildman–Crippen MR) is 121 cm³/mol. The zero-order valence-electron chi connectivity index (χ0n) is 18.0. The van der Waals surface area contributed by atoms with E-state index in [0.29, 0.717) is 18.1 Å². The molecule has 0 atom stereocenters. The van der Waals surface area contributed by atoms with Gasteiger partial charge in [-0.15, -0.1) is 0 Å². The Morgan fingerprint density at radius 3 is 2.47 bits per heavy atom. The van der Waals surface area contributed by atoms with Crippen LogP contribution in [0.2, 0.25) is 0 Å². The van der Waals surface area contributed by atoms with Crippen LogP contribution >= 0.6 is 0 Å². The fourth-order valence-corrected chi connectivity index (χ4v) is 3.72. The highest BCUT2D eigenvalue weighted by atomic mass is 19.1. The van der Waals surface area contributed by atoms with Gasteiger partial charge in [0.05, 0.1) is 0 Å². The van der Waals surface area contributed by atoms with E-state index in [2.05, 4.69) is 39.4 Å². The Morgan fingerprint density at radius 1 is 0.969 bits per heavy atom. The monoisotopic (exact) mass is 437 g/mol. The molecule has 6 nitrogen and oxygen atoms in total. The zero-order valence-corrected chi connectivity index (χ0v) is 18.0. The van der Waals surface area contributed by atoms with Gasteiger partial charge in [-0.1, -0.05) is 18.2 Å². The highest BCUT2D eigenvalue weighted by molar-refractivity contribution is 5.91. The van der Waals surface area contributed by atoms with E-state index < -0.39 is 0 Å². The molecule has 0 radical (unpaired) electrons. The van der Waals surface area contributed by atoms with Crippen LogP contribution in [0.5, 0.6) is 5.75 Å². The van der Waals surface area contributed by atoms with Gasteiger partial charge in [0.15, 0.2) is 5.76 Å². The Morgan fingerprint density at radius 2 is 1.72 bits per heavy atom. The van der Waals surface area contributed by atoms with E-state index in [0.717, 1.165) is 39.1 Å². The molecule has 1 fully saturated rings. The molecule has 168 valence electrons. The third-order valence-electron chi connectivity index (χ3n) is 5.51. The number of anilines is 1. The minimum atomic E-state index is -0.316. The lowest BCUT2D eigenvalue weighted by Gasteiger charge is -2.36. The quantitative estimate of drug-likeness (QED) is 0.514. The van der Waals surface area contributed by atoms with Gasteiger partial charge in [0.2, 0.25) is 0 Å². The summed E-state index contributed by atoms with van der Waals surface area (Å²) in [6, 6.07) is 19.6. The molecule has 32 heavy (non-hydrogen) atoms. The number of benzene rings is 2. The van der Waals surface area contributed by atoms with Crippen molar-refractivity contribution in [3.8, 4) is 5.75 Å². The van der Waals surface area contributed by atoms with Crippen molar-refractivity contribution >= 4 is 11.6 Å². The third kappa shape index (κ3) is 6.11. The number of amides is 1. The van der Waals surface area contributed by atoms with Crippen LogP contribution in [0.4, 0.5) is 10.1 Å². The van der Waals surface area contributed by atoms with Crippen molar-refractivity contribution in [3.63, 3.8) is 0 Å². The molecule has 1 amide bonds. The van der Waals surface area contributed by atoms with E-state index in [9.17, 15) is 9.18 Å². The lowest BCUT2D eigenvalue weighted by molar-refractivity contribution is 0.0919. The van der Waals surface area contributed by atoms with E-state index in [1.54, 1.807) is 24.3 Å². The summed E-state index contributed by atoms with van der Waals surface area (Å²) >= 11 is 0. The number of furan rings is 1.